The van der Waals surface area contributed by atoms with Gasteiger partial charge in [-0.1, -0.05) is 5.21 Å². The van der Waals surface area contributed by atoms with Gasteiger partial charge in [0.1, 0.15) is 11.4 Å². The van der Waals surface area contributed by atoms with Crippen molar-refractivity contribution in [2.75, 3.05) is 28.4 Å². The van der Waals surface area contributed by atoms with E-state index in [4.69, 9.17) is 18.9 Å². The van der Waals surface area contributed by atoms with Crippen molar-refractivity contribution in [1.29, 1.82) is 0 Å². The molecule has 0 aliphatic carbocycles. The summed E-state index contributed by atoms with van der Waals surface area (Å²) in [6, 6.07) is 10.3. The van der Waals surface area contributed by atoms with Crippen LogP contribution in [0.1, 0.15) is 10.5 Å². The molecule has 0 unspecified atom stereocenters. The molecule has 9 heteroatoms. The van der Waals surface area contributed by atoms with Crippen molar-refractivity contribution < 1.29 is 28.8 Å². The van der Waals surface area contributed by atoms with E-state index in [-0.39, 0.29) is 5.69 Å². The van der Waals surface area contributed by atoms with Crippen molar-refractivity contribution >= 4 is 5.97 Å². The zero-order valence-electron chi connectivity index (χ0n) is 15.8. The van der Waals surface area contributed by atoms with E-state index in [1.165, 1.54) is 26.0 Å². The third-order valence-corrected chi connectivity index (χ3v) is 4.13. The smallest absolute Gasteiger partial charge is 0.358 e. The molecule has 3 rings (SSSR count). The maximum atomic E-state index is 11.7. The molecule has 146 valence electrons. The van der Waals surface area contributed by atoms with Crippen LogP contribution in [0.2, 0.25) is 0 Å². The highest BCUT2D eigenvalue weighted by Gasteiger charge is 2.23. The third kappa shape index (κ3) is 3.29. The number of benzene rings is 2. The summed E-state index contributed by atoms with van der Waals surface area (Å²) < 4.78 is 22.6. The summed E-state index contributed by atoms with van der Waals surface area (Å²) in [5.74, 6) is 0.685. The van der Waals surface area contributed by atoms with Crippen LogP contribution in [0, 0.1) is 0 Å². The number of ether oxygens (including phenoxy) is 4. The van der Waals surface area contributed by atoms with Crippen LogP contribution in [0.3, 0.4) is 0 Å². The molecule has 0 spiro atoms. The lowest BCUT2D eigenvalue weighted by molar-refractivity contribution is 0.0691. The van der Waals surface area contributed by atoms with E-state index in [0.717, 1.165) is 0 Å². The summed E-state index contributed by atoms with van der Waals surface area (Å²) in [5, 5.41) is 17.4. The summed E-state index contributed by atoms with van der Waals surface area (Å²) in [6.07, 6.45) is 0. The van der Waals surface area contributed by atoms with Crippen LogP contribution < -0.4 is 18.9 Å². The van der Waals surface area contributed by atoms with Gasteiger partial charge in [-0.2, -0.15) is 0 Å². The van der Waals surface area contributed by atoms with E-state index in [2.05, 4.69) is 10.3 Å². The molecule has 0 atom stereocenters. The highest BCUT2D eigenvalue weighted by atomic mass is 16.5. The number of methoxy groups -OCH3 is 4. The second-order valence-electron chi connectivity index (χ2n) is 5.62. The van der Waals surface area contributed by atoms with Crippen molar-refractivity contribution in [2.45, 2.75) is 0 Å². The minimum atomic E-state index is -1.19. The summed E-state index contributed by atoms with van der Waals surface area (Å²) in [5.41, 5.74) is 1.24. The number of carboxylic acids is 1. The standard InChI is InChI=1S/C19H19N3O6/c1-25-13-7-5-11(6-8-13)17-16(19(23)24)20-21-22(17)12-9-14(26-2)18(28-4)15(10-12)27-3/h5-10H,1-4H3,(H,23,24). The van der Waals surface area contributed by atoms with Crippen LogP contribution in [0.15, 0.2) is 36.4 Å². The first-order valence-corrected chi connectivity index (χ1v) is 8.17. The zero-order valence-corrected chi connectivity index (χ0v) is 15.8. The van der Waals surface area contributed by atoms with E-state index >= 15 is 0 Å². The second kappa shape index (κ2) is 7.87. The molecule has 0 saturated heterocycles. The maximum Gasteiger partial charge on any atom is 0.358 e. The first kappa shape index (κ1) is 19.0. The molecule has 0 amide bonds. The summed E-state index contributed by atoms with van der Waals surface area (Å²) in [6.45, 7) is 0. The number of aromatic carboxylic acids is 1. The molecule has 1 heterocycles. The summed E-state index contributed by atoms with van der Waals surface area (Å²) >= 11 is 0. The molecule has 0 bridgehead atoms. The fourth-order valence-corrected chi connectivity index (χ4v) is 2.80. The zero-order chi connectivity index (χ0) is 20.3. The number of carboxylic acid groups (broad SMARTS) is 1. The van der Waals surface area contributed by atoms with Crippen molar-refractivity contribution in [3.63, 3.8) is 0 Å². The molecular weight excluding hydrogens is 366 g/mol. The molecule has 0 radical (unpaired) electrons. The van der Waals surface area contributed by atoms with Gasteiger partial charge in [0.25, 0.3) is 0 Å². The first-order valence-electron chi connectivity index (χ1n) is 8.17. The maximum absolute atomic E-state index is 11.7. The van der Waals surface area contributed by atoms with Crippen molar-refractivity contribution in [2.24, 2.45) is 0 Å². The van der Waals surface area contributed by atoms with Gasteiger partial charge in [-0.05, 0) is 24.3 Å². The Bertz CT molecular complexity index is 972. The Balaban J connectivity index is 2.24. The lowest BCUT2D eigenvalue weighted by Crippen LogP contribution is -2.05. The average Bonchev–Trinajstić information content (AvgIpc) is 3.18. The fraction of sp³-hybridized carbons (Fsp3) is 0.211. The van der Waals surface area contributed by atoms with Gasteiger partial charge in [0.2, 0.25) is 5.75 Å². The molecule has 2 aromatic carbocycles. The Morgan fingerprint density at radius 3 is 2.00 bits per heavy atom. The minimum Gasteiger partial charge on any atom is -0.497 e. The number of carbonyl (C=O) groups is 1. The van der Waals surface area contributed by atoms with Gasteiger partial charge in [-0.15, -0.1) is 5.10 Å². The van der Waals surface area contributed by atoms with Crippen LogP contribution in [-0.4, -0.2) is 54.5 Å². The van der Waals surface area contributed by atoms with Crippen molar-refractivity contribution in [1.82, 2.24) is 15.0 Å². The largest absolute Gasteiger partial charge is 0.497 e. The molecule has 1 aromatic heterocycles. The predicted molar refractivity (Wildman–Crippen MR) is 100.0 cm³/mol. The fourth-order valence-electron chi connectivity index (χ4n) is 2.80. The lowest BCUT2D eigenvalue weighted by atomic mass is 10.1. The van der Waals surface area contributed by atoms with Crippen molar-refractivity contribution in [3.05, 3.63) is 42.1 Å². The quantitative estimate of drug-likeness (QED) is 0.662. The monoisotopic (exact) mass is 385 g/mol. The second-order valence-corrected chi connectivity index (χ2v) is 5.62. The Hall–Kier alpha value is -3.75. The van der Waals surface area contributed by atoms with Crippen LogP contribution >= 0.6 is 0 Å². The lowest BCUT2D eigenvalue weighted by Gasteiger charge is -2.15. The van der Waals surface area contributed by atoms with Gasteiger partial charge in [0, 0.05) is 17.7 Å². The first-order chi connectivity index (χ1) is 13.5. The van der Waals surface area contributed by atoms with Crippen LogP contribution in [0.25, 0.3) is 16.9 Å². The summed E-state index contributed by atoms with van der Waals surface area (Å²) in [7, 11) is 6.05. The van der Waals surface area contributed by atoms with E-state index < -0.39 is 5.97 Å². The molecule has 0 fully saturated rings. The van der Waals surface area contributed by atoms with Crippen LogP contribution in [0.5, 0.6) is 23.0 Å². The number of hydrogen-bond donors (Lipinski definition) is 1. The average molecular weight is 385 g/mol. The van der Waals surface area contributed by atoms with Crippen molar-refractivity contribution in [3.8, 4) is 39.9 Å². The Labute approximate surface area is 161 Å². The van der Waals surface area contributed by atoms with E-state index in [9.17, 15) is 9.90 Å². The Morgan fingerprint density at radius 1 is 0.929 bits per heavy atom. The van der Waals surface area contributed by atoms with Gasteiger partial charge in [0.05, 0.1) is 34.1 Å². The Kier molecular flexibility index (Phi) is 5.35. The molecule has 28 heavy (non-hydrogen) atoms. The van der Waals surface area contributed by atoms with Gasteiger partial charge in [0.15, 0.2) is 17.2 Å². The number of rotatable bonds is 7. The Morgan fingerprint density at radius 2 is 1.54 bits per heavy atom. The van der Waals surface area contributed by atoms with Gasteiger partial charge in [-0.3, -0.25) is 0 Å². The molecule has 0 saturated carbocycles. The third-order valence-electron chi connectivity index (χ3n) is 4.13. The molecule has 0 aliphatic rings. The molecular formula is C19H19N3O6. The van der Waals surface area contributed by atoms with E-state index in [1.807, 2.05) is 0 Å². The minimum absolute atomic E-state index is 0.182. The predicted octanol–water partition coefficient (Wildman–Crippen LogP) is 2.67. The topological polar surface area (TPSA) is 105 Å². The van der Waals surface area contributed by atoms with Crippen LogP contribution in [0.4, 0.5) is 0 Å². The normalized spacial score (nSPS) is 10.4. The van der Waals surface area contributed by atoms with Gasteiger partial charge in [-0.25, -0.2) is 9.48 Å². The molecule has 0 aliphatic heterocycles. The van der Waals surface area contributed by atoms with Gasteiger partial charge < -0.3 is 24.1 Å². The molecule has 1 N–H and O–H groups in total. The number of hydrogen-bond acceptors (Lipinski definition) is 7. The van der Waals surface area contributed by atoms with Crippen LogP contribution in [-0.2, 0) is 0 Å². The van der Waals surface area contributed by atoms with Gasteiger partial charge >= 0.3 is 5.97 Å². The highest BCUT2D eigenvalue weighted by molar-refractivity contribution is 5.93. The molecule has 9 nitrogen and oxygen atoms in total. The highest BCUT2D eigenvalue weighted by Crippen LogP contribution is 2.40. The number of aromatic nitrogens is 3. The number of nitrogens with zero attached hydrogens (tertiary/aromatic N) is 3. The molecule has 3 aromatic rings. The van der Waals surface area contributed by atoms with E-state index in [1.54, 1.807) is 43.5 Å². The SMILES string of the molecule is COc1ccc(-c2c(C(=O)O)nnn2-c2cc(OC)c(OC)c(OC)c2)cc1. The van der Waals surface area contributed by atoms with E-state index in [0.29, 0.717) is 39.9 Å². The summed E-state index contributed by atoms with van der Waals surface area (Å²) in [4.78, 5) is 11.7.